The molecule has 0 amide bonds. The molecule has 0 N–H and O–H groups in total. The van der Waals surface area contributed by atoms with Crippen molar-refractivity contribution in [2.45, 2.75) is 0 Å². The van der Waals surface area contributed by atoms with Crippen molar-refractivity contribution in [2.75, 3.05) is 0 Å². The van der Waals surface area contributed by atoms with E-state index in [0.717, 1.165) is 0 Å². The molecule has 0 aliphatic rings. The van der Waals surface area contributed by atoms with E-state index in [-0.39, 0.29) is 0 Å². The molecule has 6 nitrogen and oxygen atoms in total. The van der Waals surface area contributed by atoms with Crippen molar-refractivity contribution in [3.63, 3.8) is 0 Å². The Labute approximate surface area is 104 Å². The maximum Gasteiger partial charge on any atom is 0.261 e. The van der Waals surface area contributed by atoms with Gasteiger partial charge in [-0.2, -0.15) is 4.98 Å². The van der Waals surface area contributed by atoms with Crippen LogP contribution < -0.4 is 0 Å². The molecule has 3 heterocycles. The molecule has 3 rings (SSSR count). The third kappa shape index (κ3) is 1.96. The summed E-state index contributed by atoms with van der Waals surface area (Å²) >= 11 is 3.20. The second kappa shape index (κ2) is 4.10. The summed E-state index contributed by atoms with van der Waals surface area (Å²) in [6, 6.07) is 1.74. The van der Waals surface area contributed by atoms with E-state index in [1.165, 1.54) is 6.26 Å². The summed E-state index contributed by atoms with van der Waals surface area (Å²) in [5, 5.41) is 3.83. The molecule has 0 aliphatic carbocycles. The van der Waals surface area contributed by atoms with E-state index in [4.69, 9.17) is 8.94 Å². The predicted molar refractivity (Wildman–Crippen MR) is 60.7 cm³/mol. The van der Waals surface area contributed by atoms with Gasteiger partial charge in [0.2, 0.25) is 5.82 Å². The molecule has 0 saturated carbocycles. The smallest absolute Gasteiger partial charge is 0.261 e. The zero-order valence-corrected chi connectivity index (χ0v) is 9.96. The van der Waals surface area contributed by atoms with Crippen LogP contribution >= 0.6 is 15.9 Å². The van der Waals surface area contributed by atoms with Crippen molar-refractivity contribution < 1.29 is 8.94 Å². The van der Waals surface area contributed by atoms with Gasteiger partial charge in [-0.1, -0.05) is 5.16 Å². The summed E-state index contributed by atoms with van der Waals surface area (Å²) in [6.07, 6.45) is 6.25. The van der Waals surface area contributed by atoms with E-state index in [1.807, 2.05) is 0 Å². The SMILES string of the molecule is Brc1cc(-c2nc(-c3cnccn3)no2)co1. The Morgan fingerprint density at radius 2 is 2.18 bits per heavy atom. The maximum atomic E-state index is 5.11. The third-order valence-electron chi connectivity index (χ3n) is 2.03. The van der Waals surface area contributed by atoms with Gasteiger partial charge in [-0.05, 0) is 15.9 Å². The molecule has 0 saturated heterocycles. The van der Waals surface area contributed by atoms with Gasteiger partial charge in [0.25, 0.3) is 5.89 Å². The molecule has 0 fully saturated rings. The second-order valence-electron chi connectivity index (χ2n) is 3.15. The van der Waals surface area contributed by atoms with Crippen LogP contribution in [0.5, 0.6) is 0 Å². The van der Waals surface area contributed by atoms with Crippen LogP contribution in [0.3, 0.4) is 0 Å². The fourth-order valence-corrected chi connectivity index (χ4v) is 1.62. The number of aromatic nitrogens is 4. The first-order valence-electron chi connectivity index (χ1n) is 4.67. The topological polar surface area (TPSA) is 77.8 Å². The summed E-state index contributed by atoms with van der Waals surface area (Å²) in [4.78, 5) is 12.2. The van der Waals surface area contributed by atoms with Crippen LogP contribution in [0, 0.1) is 0 Å². The van der Waals surface area contributed by atoms with E-state index in [1.54, 1.807) is 24.7 Å². The van der Waals surface area contributed by atoms with Gasteiger partial charge in [0.05, 0.1) is 11.8 Å². The fourth-order valence-electron chi connectivity index (χ4n) is 1.28. The zero-order chi connectivity index (χ0) is 11.7. The Hall–Kier alpha value is -2.02. The quantitative estimate of drug-likeness (QED) is 0.722. The average Bonchev–Trinajstić information content (AvgIpc) is 2.98. The first kappa shape index (κ1) is 10.2. The summed E-state index contributed by atoms with van der Waals surface area (Å²) in [7, 11) is 0. The Morgan fingerprint density at radius 3 is 2.88 bits per heavy atom. The Balaban J connectivity index is 1.99. The lowest BCUT2D eigenvalue weighted by Crippen LogP contribution is -1.85. The van der Waals surface area contributed by atoms with Crippen LogP contribution in [0.15, 0.2) is 44.5 Å². The van der Waals surface area contributed by atoms with Crippen LogP contribution in [0.1, 0.15) is 0 Å². The number of rotatable bonds is 2. The lowest BCUT2D eigenvalue weighted by molar-refractivity contribution is 0.431. The molecular formula is C10H5BrN4O2. The highest BCUT2D eigenvalue weighted by atomic mass is 79.9. The van der Waals surface area contributed by atoms with E-state index in [9.17, 15) is 0 Å². The highest BCUT2D eigenvalue weighted by Gasteiger charge is 2.13. The molecule has 0 bridgehead atoms. The van der Waals surface area contributed by atoms with Gasteiger partial charge in [-0.15, -0.1) is 0 Å². The first-order chi connectivity index (χ1) is 8.33. The van der Waals surface area contributed by atoms with Crippen LogP contribution in [-0.2, 0) is 0 Å². The van der Waals surface area contributed by atoms with Gasteiger partial charge in [-0.3, -0.25) is 4.98 Å². The molecule has 0 spiro atoms. The van der Waals surface area contributed by atoms with Gasteiger partial charge in [0.15, 0.2) is 4.67 Å². The minimum atomic E-state index is 0.375. The maximum absolute atomic E-state index is 5.11. The summed E-state index contributed by atoms with van der Waals surface area (Å²) in [5.74, 6) is 0.769. The molecule has 0 unspecified atom stereocenters. The minimum absolute atomic E-state index is 0.375. The van der Waals surface area contributed by atoms with Crippen LogP contribution in [0.2, 0.25) is 0 Å². The Bertz CT molecular complexity index is 635. The van der Waals surface area contributed by atoms with Crippen molar-refractivity contribution in [1.82, 2.24) is 20.1 Å². The average molecular weight is 293 g/mol. The summed E-state index contributed by atoms with van der Waals surface area (Å²) in [5.41, 5.74) is 1.27. The van der Waals surface area contributed by atoms with Crippen molar-refractivity contribution in [3.8, 4) is 23.0 Å². The number of hydrogen-bond acceptors (Lipinski definition) is 6. The van der Waals surface area contributed by atoms with Gasteiger partial charge in [0.1, 0.15) is 12.0 Å². The standard InChI is InChI=1S/C10H5BrN4O2/c11-8-3-6(5-16-8)10-14-9(15-17-10)7-4-12-1-2-13-7/h1-5H. The van der Waals surface area contributed by atoms with Gasteiger partial charge in [0, 0.05) is 18.5 Å². The predicted octanol–water partition coefficient (Wildman–Crippen LogP) is 2.55. The molecule has 17 heavy (non-hydrogen) atoms. The lowest BCUT2D eigenvalue weighted by atomic mass is 10.3. The highest BCUT2D eigenvalue weighted by molar-refractivity contribution is 9.10. The van der Waals surface area contributed by atoms with E-state index < -0.39 is 0 Å². The van der Waals surface area contributed by atoms with Crippen molar-refractivity contribution in [1.29, 1.82) is 0 Å². The molecule has 84 valence electrons. The number of nitrogens with zero attached hydrogens (tertiary/aromatic N) is 4. The molecule has 0 radical (unpaired) electrons. The Kier molecular flexibility index (Phi) is 2.45. The van der Waals surface area contributed by atoms with Gasteiger partial charge >= 0.3 is 0 Å². The van der Waals surface area contributed by atoms with E-state index >= 15 is 0 Å². The highest BCUT2D eigenvalue weighted by Crippen LogP contribution is 2.24. The van der Waals surface area contributed by atoms with Crippen LogP contribution in [0.25, 0.3) is 23.0 Å². The lowest BCUT2D eigenvalue weighted by Gasteiger charge is -1.88. The van der Waals surface area contributed by atoms with E-state index in [2.05, 4.69) is 36.0 Å². The van der Waals surface area contributed by atoms with Crippen LogP contribution in [0.4, 0.5) is 0 Å². The molecule has 3 aromatic heterocycles. The number of hydrogen-bond donors (Lipinski definition) is 0. The molecular weight excluding hydrogens is 288 g/mol. The second-order valence-corrected chi connectivity index (χ2v) is 3.93. The van der Waals surface area contributed by atoms with Crippen molar-refractivity contribution in [2.24, 2.45) is 0 Å². The zero-order valence-electron chi connectivity index (χ0n) is 8.37. The van der Waals surface area contributed by atoms with Crippen molar-refractivity contribution in [3.05, 3.63) is 35.6 Å². The molecule has 0 aliphatic heterocycles. The van der Waals surface area contributed by atoms with Gasteiger partial charge < -0.3 is 8.94 Å². The largest absolute Gasteiger partial charge is 0.457 e. The third-order valence-corrected chi connectivity index (χ3v) is 2.45. The number of halogens is 1. The van der Waals surface area contributed by atoms with Crippen LogP contribution in [-0.4, -0.2) is 20.1 Å². The first-order valence-corrected chi connectivity index (χ1v) is 5.47. The van der Waals surface area contributed by atoms with Crippen molar-refractivity contribution >= 4 is 15.9 Å². The fraction of sp³-hybridized carbons (Fsp3) is 0. The number of furan rings is 1. The normalized spacial score (nSPS) is 10.6. The molecule has 0 atom stereocenters. The monoisotopic (exact) mass is 292 g/mol. The Morgan fingerprint density at radius 1 is 1.24 bits per heavy atom. The van der Waals surface area contributed by atoms with Gasteiger partial charge in [-0.25, -0.2) is 4.98 Å². The summed E-state index contributed by atoms with van der Waals surface area (Å²) in [6.45, 7) is 0. The minimum Gasteiger partial charge on any atom is -0.457 e. The molecule has 7 heteroatoms. The molecule has 3 aromatic rings. The van der Waals surface area contributed by atoms with E-state index in [0.29, 0.717) is 27.6 Å². The summed E-state index contributed by atoms with van der Waals surface area (Å²) < 4.78 is 10.8. The molecule has 0 aromatic carbocycles.